The molecule has 18 heavy (non-hydrogen) atoms. The molecule has 6 nitrogen and oxygen atoms in total. The predicted molar refractivity (Wildman–Crippen MR) is 65.8 cm³/mol. The molecule has 1 heterocycles. The van der Waals surface area contributed by atoms with Crippen LogP contribution in [0.5, 0.6) is 0 Å². The molecule has 0 bridgehead atoms. The first-order chi connectivity index (χ1) is 8.61. The predicted octanol–water partition coefficient (Wildman–Crippen LogP) is -0.770. The van der Waals surface area contributed by atoms with Gasteiger partial charge in [0, 0.05) is 25.2 Å². The summed E-state index contributed by atoms with van der Waals surface area (Å²) < 4.78 is 4.72. The van der Waals surface area contributed by atoms with Gasteiger partial charge in [-0.2, -0.15) is 0 Å². The van der Waals surface area contributed by atoms with Crippen LogP contribution in [0.25, 0.3) is 0 Å². The molecule has 1 aliphatic carbocycles. The highest BCUT2D eigenvalue weighted by molar-refractivity contribution is 6.01. The van der Waals surface area contributed by atoms with Crippen molar-refractivity contribution in [2.75, 3.05) is 19.7 Å². The fraction of sp³-hybridized carbons (Fsp3) is 0.833. The lowest BCUT2D eigenvalue weighted by Crippen LogP contribution is -2.50. The number of carbonyl (C=O) groups is 2. The van der Waals surface area contributed by atoms with Crippen molar-refractivity contribution in [2.45, 2.75) is 44.3 Å². The lowest BCUT2D eigenvalue weighted by molar-refractivity contribution is -0.148. The van der Waals surface area contributed by atoms with Crippen LogP contribution in [0.3, 0.4) is 0 Å². The summed E-state index contributed by atoms with van der Waals surface area (Å²) in [4.78, 5) is 25.5. The summed E-state index contributed by atoms with van der Waals surface area (Å²) in [5.74, 6) is -1.09. The Labute approximate surface area is 107 Å². The zero-order chi connectivity index (χ0) is 13.1. The molecule has 2 unspecified atom stereocenters. The smallest absolute Gasteiger partial charge is 0.332 e. The number of nitrogens with one attached hydrogen (secondary N) is 1. The van der Waals surface area contributed by atoms with Gasteiger partial charge in [0.15, 0.2) is 6.04 Å². The van der Waals surface area contributed by atoms with Gasteiger partial charge in [0.05, 0.1) is 6.61 Å². The molecule has 1 amide bonds. The van der Waals surface area contributed by atoms with E-state index in [4.69, 9.17) is 10.5 Å². The Balaban J connectivity index is 1.75. The summed E-state index contributed by atoms with van der Waals surface area (Å²) in [6.45, 7) is 3.81. The zero-order valence-corrected chi connectivity index (χ0v) is 10.7. The quantitative estimate of drug-likeness (QED) is 0.498. The third-order valence-corrected chi connectivity index (χ3v) is 3.45. The normalized spacial score (nSPS) is 25.8. The molecule has 2 rings (SSSR count). The molecule has 0 radical (unpaired) electrons. The van der Waals surface area contributed by atoms with E-state index in [1.54, 1.807) is 6.92 Å². The van der Waals surface area contributed by atoms with Gasteiger partial charge in [0.1, 0.15) is 0 Å². The van der Waals surface area contributed by atoms with Crippen molar-refractivity contribution in [3.63, 3.8) is 0 Å². The van der Waals surface area contributed by atoms with Crippen molar-refractivity contribution in [3.05, 3.63) is 0 Å². The summed E-state index contributed by atoms with van der Waals surface area (Å²) >= 11 is 0. The molecule has 2 atom stereocenters. The van der Waals surface area contributed by atoms with E-state index < -0.39 is 17.9 Å². The first-order valence-corrected chi connectivity index (χ1v) is 6.58. The number of likely N-dealkylation sites (tertiary alicyclic amines) is 1. The maximum Gasteiger partial charge on any atom is 0.332 e. The summed E-state index contributed by atoms with van der Waals surface area (Å²) in [6, 6.07) is -0.385. The van der Waals surface area contributed by atoms with Gasteiger partial charge in [-0.1, -0.05) is 0 Å². The number of amides is 1. The number of rotatable bonds is 5. The second kappa shape index (κ2) is 5.67. The van der Waals surface area contributed by atoms with Crippen molar-refractivity contribution in [1.82, 2.24) is 10.2 Å². The average Bonchev–Trinajstić information content (AvgIpc) is 3.10. The van der Waals surface area contributed by atoms with Crippen LogP contribution in [0.1, 0.15) is 26.2 Å². The molecular formula is C12H21N3O3. The number of nitrogens with zero attached hydrogens (tertiary/aromatic N) is 1. The van der Waals surface area contributed by atoms with Gasteiger partial charge in [-0.05, 0) is 26.2 Å². The third-order valence-electron chi connectivity index (χ3n) is 3.45. The van der Waals surface area contributed by atoms with Crippen molar-refractivity contribution in [3.8, 4) is 0 Å². The Hall–Kier alpha value is -1.14. The highest BCUT2D eigenvalue weighted by Crippen LogP contribution is 2.29. The molecule has 3 N–H and O–H groups in total. The molecule has 102 valence electrons. The maximum absolute atomic E-state index is 11.8. The number of hydrogen-bond donors (Lipinski definition) is 2. The van der Waals surface area contributed by atoms with Gasteiger partial charge >= 0.3 is 5.97 Å². The Bertz CT molecular complexity index is 331. The minimum atomic E-state index is -1.21. The molecule has 1 saturated carbocycles. The number of nitrogens with two attached hydrogens (primary N) is 1. The van der Waals surface area contributed by atoms with Crippen LogP contribution in [-0.4, -0.2) is 54.6 Å². The summed E-state index contributed by atoms with van der Waals surface area (Å²) in [5, 5.41) is 2.82. The van der Waals surface area contributed by atoms with Gasteiger partial charge in [-0.25, -0.2) is 4.79 Å². The molecule has 2 fully saturated rings. The lowest BCUT2D eigenvalue weighted by Gasteiger charge is -2.17. The first kappa shape index (κ1) is 13.3. The minimum Gasteiger partial charge on any atom is -0.464 e. The summed E-state index contributed by atoms with van der Waals surface area (Å²) in [5.41, 5.74) is 5.53. The summed E-state index contributed by atoms with van der Waals surface area (Å²) in [6.07, 6.45) is 3.46. The van der Waals surface area contributed by atoms with Gasteiger partial charge in [-0.15, -0.1) is 0 Å². The van der Waals surface area contributed by atoms with E-state index >= 15 is 0 Å². The molecule has 0 aromatic heterocycles. The Kier molecular flexibility index (Phi) is 4.19. The molecule has 0 spiro atoms. The molecule has 0 aromatic carbocycles. The number of esters is 1. The molecule has 2 aliphatic rings. The van der Waals surface area contributed by atoms with E-state index in [1.165, 1.54) is 12.8 Å². The van der Waals surface area contributed by atoms with Crippen LogP contribution in [0.15, 0.2) is 0 Å². The topological polar surface area (TPSA) is 84.7 Å². The van der Waals surface area contributed by atoms with E-state index in [9.17, 15) is 9.59 Å². The highest BCUT2D eigenvalue weighted by atomic mass is 16.5. The van der Waals surface area contributed by atoms with Crippen molar-refractivity contribution >= 4 is 11.9 Å². The van der Waals surface area contributed by atoms with E-state index in [0.29, 0.717) is 6.04 Å². The van der Waals surface area contributed by atoms with Gasteiger partial charge < -0.3 is 15.8 Å². The van der Waals surface area contributed by atoms with Gasteiger partial charge in [-0.3, -0.25) is 9.69 Å². The molecule has 6 heteroatoms. The number of hydrogen-bond acceptors (Lipinski definition) is 5. The van der Waals surface area contributed by atoms with E-state index in [2.05, 4.69) is 10.2 Å². The molecule has 1 saturated heterocycles. The second-order valence-corrected chi connectivity index (χ2v) is 4.95. The molecule has 1 aliphatic heterocycles. The summed E-state index contributed by atoms with van der Waals surface area (Å²) in [7, 11) is 0. The lowest BCUT2D eigenvalue weighted by atomic mass is 10.2. The zero-order valence-electron chi connectivity index (χ0n) is 10.7. The van der Waals surface area contributed by atoms with Gasteiger partial charge in [0.25, 0.3) is 0 Å². The van der Waals surface area contributed by atoms with Crippen LogP contribution in [0, 0.1) is 0 Å². The largest absolute Gasteiger partial charge is 0.464 e. The fourth-order valence-corrected chi connectivity index (χ4v) is 2.31. The van der Waals surface area contributed by atoms with Crippen molar-refractivity contribution in [2.24, 2.45) is 5.73 Å². The van der Waals surface area contributed by atoms with E-state index in [1.807, 2.05) is 0 Å². The number of ether oxygens (including phenoxy) is 1. The maximum atomic E-state index is 11.8. The van der Waals surface area contributed by atoms with Crippen LogP contribution in [0.4, 0.5) is 0 Å². The Morgan fingerprint density at radius 2 is 2.17 bits per heavy atom. The Morgan fingerprint density at radius 3 is 2.78 bits per heavy atom. The monoisotopic (exact) mass is 255 g/mol. The molecule has 0 aromatic rings. The van der Waals surface area contributed by atoms with E-state index in [-0.39, 0.29) is 12.6 Å². The fourth-order valence-electron chi connectivity index (χ4n) is 2.31. The SMILES string of the molecule is CCOC(=O)C(N)C(=O)NC1CCN(C2CC2)C1. The van der Waals surface area contributed by atoms with Crippen molar-refractivity contribution < 1.29 is 14.3 Å². The first-order valence-electron chi connectivity index (χ1n) is 6.58. The van der Waals surface area contributed by atoms with Crippen LogP contribution in [-0.2, 0) is 14.3 Å². The van der Waals surface area contributed by atoms with Crippen LogP contribution < -0.4 is 11.1 Å². The number of carbonyl (C=O) groups excluding carboxylic acids is 2. The van der Waals surface area contributed by atoms with E-state index in [0.717, 1.165) is 19.5 Å². The Morgan fingerprint density at radius 1 is 1.44 bits per heavy atom. The molecular weight excluding hydrogens is 234 g/mol. The standard InChI is InChI=1S/C12H21N3O3/c1-2-18-12(17)10(13)11(16)14-8-5-6-15(7-8)9-3-4-9/h8-10H,2-7,13H2,1H3,(H,14,16). The third kappa shape index (κ3) is 3.20. The average molecular weight is 255 g/mol. The highest BCUT2D eigenvalue weighted by Gasteiger charge is 2.35. The second-order valence-electron chi connectivity index (χ2n) is 4.95. The van der Waals surface area contributed by atoms with Crippen LogP contribution >= 0.6 is 0 Å². The van der Waals surface area contributed by atoms with Crippen LogP contribution in [0.2, 0.25) is 0 Å². The minimum absolute atomic E-state index is 0.110. The van der Waals surface area contributed by atoms with Crippen molar-refractivity contribution in [1.29, 1.82) is 0 Å². The van der Waals surface area contributed by atoms with Gasteiger partial charge in [0.2, 0.25) is 5.91 Å².